The maximum absolute atomic E-state index is 3.42. The van der Waals surface area contributed by atoms with Crippen molar-refractivity contribution in [2.24, 2.45) is 0 Å². The summed E-state index contributed by atoms with van der Waals surface area (Å²) < 4.78 is 1.13. The zero-order chi connectivity index (χ0) is 9.80. The van der Waals surface area contributed by atoms with E-state index in [-0.39, 0.29) is 0 Å². The van der Waals surface area contributed by atoms with E-state index in [9.17, 15) is 0 Å². The first kappa shape index (κ1) is 9.87. The largest absolute Gasteiger partial charge is 0.367 e. The van der Waals surface area contributed by atoms with Crippen LogP contribution in [-0.2, 0) is 5.75 Å². The molecule has 0 aliphatic rings. The Kier molecular flexibility index (Phi) is 3.32. The fourth-order valence-corrected chi connectivity index (χ4v) is 2.25. The molecule has 0 radical (unpaired) electrons. The van der Waals surface area contributed by atoms with Crippen LogP contribution in [0, 0.1) is 0 Å². The Labute approximate surface area is 96.1 Å². The molecule has 1 nitrogen and oxygen atoms in total. The fourth-order valence-electron chi connectivity index (χ4n) is 1.15. The predicted octanol–water partition coefficient (Wildman–Crippen LogP) is 4.07. The van der Waals surface area contributed by atoms with Gasteiger partial charge in [0.25, 0.3) is 0 Å². The van der Waals surface area contributed by atoms with Crippen molar-refractivity contribution in [2.45, 2.75) is 10.6 Å². The van der Waals surface area contributed by atoms with E-state index in [2.05, 4.69) is 51.2 Å². The molecule has 0 unspecified atom stereocenters. The van der Waals surface area contributed by atoms with Crippen molar-refractivity contribution >= 4 is 27.7 Å². The number of hydrogen-bond acceptors (Lipinski definition) is 1. The number of nitrogens with one attached hydrogen (secondary N) is 1. The van der Waals surface area contributed by atoms with Gasteiger partial charge in [-0.2, -0.15) is 0 Å². The smallest absolute Gasteiger partial charge is 0.0250 e. The third-order valence-corrected chi connectivity index (χ3v) is 3.48. The van der Waals surface area contributed by atoms with Crippen molar-refractivity contribution in [2.75, 3.05) is 0 Å². The van der Waals surface area contributed by atoms with Gasteiger partial charge >= 0.3 is 0 Å². The third-order valence-electron chi connectivity index (χ3n) is 1.89. The zero-order valence-electron chi connectivity index (χ0n) is 7.53. The number of rotatable bonds is 3. The minimum Gasteiger partial charge on any atom is -0.367 e. The highest BCUT2D eigenvalue weighted by Gasteiger charge is 1.96. The molecule has 1 aromatic carbocycles. The molecule has 1 N–H and O–H groups in total. The van der Waals surface area contributed by atoms with Crippen molar-refractivity contribution in [3.8, 4) is 0 Å². The molecule has 0 bridgehead atoms. The Balaban J connectivity index is 1.95. The van der Waals surface area contributed by atoms with Crippen LogP contribution in [0.5, 0.6) is 0 Å². The summed E-state index contributed by atoms with van der Waals surface area (Å²) in [5, 5.41) is 0. The molecule has 0 spiro atoms. The van der Waals surface area contributed by atoms with Crippen molar-refractivity contribution in [3.05, 3.63) is 52.8 Å². The van der Waals surface area contributed by atoms with Gasteiger partial charge in [0.2, 0.25) is 0 Å². The zero-order valence-corrected chi connectivity index (χ0v) is 9.94. The molecule has 2 rings (SSSR count). The van der Waals surface area contributed by atoms with E-state index in [1.54, 1.807) is 0 Å². The van der Waals surface area contributed by atoms with Gasteiger partial charge in [-0.25, -0.2) is 0 Å². The highest BCUT2D eigenvalue weighted by atomic mass is 79.9. The molecule has 2 aromatic rings. The van der Waals surface area contributed by atoms with Crippen LogP contribution in [0.2, 0.25) is 0 Å². The molecule has 1 heterocycles. The summed E-state index contributed by atoms with van der Waals surface area (Å²) >= 11 is 5.26. The molecular formula is C11H10BrNS. The van der Waals surface area contributed by atoms with Gasteiger partial charge in [0, 0.05) is 27.5 Å². The summed E-state index contributed by atoms with van der Waals surface area (Å²) in [4.78, 5) is 4.33. The van der Waals surface area contributed by atoms with Crippen LogP contribution < -0.4 is 0 Å². The Bertz CT molecular complexity index is 380. The van der Waals surface area contributed by atoms with Crippen LogP contribution in [0.25, 0.3) is 0 Å². The molecule has 0 aliphatic carbocycles. The predicted molar refractivity (Wildman–Crippen MR) is 64.5 cm³/mol. The first-order valence-corrected chi connectivity index (χ1v) is 6.12. The molecule has 0 aliphatic heterocycles. The van der Waals surface area contributed by atoms with Gasteiger partial charge in [-0.3, -0.25) is 0 Å². The molecule has 72 valence electrons. The summed E-state index contributed by atoms with van der Waals surface area (Å²) in [6.45, 7) is 0. The van der Waals surface area contributed by atoms with Crippen LogP contribution in [0.4, 0.5) is 0 Å². The van der Waals surface area contributed by atoms with Crippen LogP contribution in [0.3, 0.4) is 0 Å². The van der Waals surface area contributed by atoms with E-state index in [1.807, 2.05) is 24.2 Å². The first-order valence-electron chi connectivity index (χ1n) is 4.34. The van der Waals surface area contributed by atoms with E-state index < -0.39 is 0 Å². The number of H-pyrrole nitrogens is 1. The van der Waals surface area contributed by atoms with Crippen molar-refractivity contribution < 1.29 is 0 Å². The minimum absolute atomic E-state index is 1.02. The summed E-state index contributed by atoms with van der Waals surface area (Å²) in [6.07, 6.45) is 3.97. The standard InChI is InChI=1S/C11H10BrNS/c12-10-3-1-9(2-4-10)8-14-11-5-6-13-7-11/h1-7,13H,8H2. The Morgan fingerprint density at radius 3 is 2.57 bits per heavy atom. The van der Waals surface area contributed by atoms with Gasteiger partial charge in [-0.1, -0.05) is 28.1 Å². The number of aromatic nitrogens is 1. The molecule has 1 aromatic heterocycles. The molecule has 0 fully saturated rings. The highest BCUT2D eigenvalue weighted by molar-refractivity contribution is 9.10. The lowest BCUT2D eigenvalue weighted by molar-refractivity contribution is 1.36. The second-order valence-corrected chi connectivity index (χ2v) is 4.93. The number of benzene rings is 1. The number of thioether (sulfide) groups is 1. The Morgan fingerprint density at radius 2 is 1.93 bits per heavy atom. The molecule has 0 saturated heterocycles. The molecule has 0 atom stereocenters. The number of halogens is 1. The van der Waals surface area contributed by atoms with Crippen molar-refractivity contribution in [1.82, 2.24) is 4.98 Å². The lowest BCUT2D eigenvalue weighted by Gasteiger charge is -1.99. The fraction of sp³-hybridized carbons (Fsp3) is 0.0909. The second-order valence-electron chi connectivity index (χ2n) is 2.96. The minimum atomic E-state index is 1.02. The van der Waals surface area contributed by atoms with Crippen LogP contribution in [0.15, 0.2) is 52.1 Å². The third kappa shape index (κ3) is 2.66. The molecule has 0 amide bonds. The average Bonchev–Trinajstić information content (AvgIpc) is 2.70. The summed E-state index contributed by atoms with van der Waals surface area (Å²) in [7, 11) is 0. The maximum Gasteiger partial charge on any atom is 0.0250 e. The van der Waals surface area contributed by atoms with E-state index in [0.717, 1.165) is 10.2 Å². The van der Waals surface area contributed by atoms with E-state index >= 15 is 0 Å². The van der Waals surface area contributed by atoms with Gasteiger partial charge in [0.1, 0.15) is 0 Å². The maximum atomic E-state index is 3.42. The summed E-state index contributed by atoms with van der Waals surface area (Å²) in [6, 6.07) is 10.5. The summed E-state index contributed by atoms with van der Waals surface area (Å²) in [5.41, 5.74) is 1.35. The molecule has 14 heavy (non-hydrogen) atoms. The highest BCUT2D eigenvalue weighted by Crippen LogP contribution is 2.22. The van der Waals surface area contributed by atoms with Crippen molar-refractivity contribution in [1.29, 1.82) is 0 Å². The number of aromatic amines is 1. The Morgan fingerprint density at radius 1 is 1.14 bits per heavy atom. The van der Waals surface area contributed by atoms with E-state index in [4.69, 9.17) is 0 Å². The van der Waals surface area contributed by atoms with Gasteiger partial charge < -0.3 is 4.98 Å². The number of hydrogen-bond donors (Lipinski definition) is 1. The van der Waals surface area contributed by atoms with Gasteiger partial charge in [-0.05, 0) is 23.8 Å². The van der Waals surface area contributed by atoms with Gasteiger partial charge in [0.15, 0.2) is 0 Å². The lowest BCUT2D eigenvalue weighted by atomic mass is 10.2. The topological polar surface area (TPSA) is 15.8 Å². The molecule has 3 heteroatoms. The molecular weight excluding hydrogens is 258 g/mol. The van der Waals surface area contributed by atoms with Gasteiger partial charge in [-0.15, -0.1) is 11.8 Å². The summed E-state index contributed by atoms with van der Waals surface area (Å²) in [5.74, 6) is 1.02. The quantitative estimate of drug-likeness (QED) is 0.830. The normalized spacial score (nSPS) is 10.4. The Hall–Kier alpha value is -0.670. The van der Waals surface area contributed by atoms with Crippen LogP contribution in [-0.4, -0.2) is 4.98 Å². The average molecular weight is 268 g/mol. The lowest BCUT2D eigenvalue weighted by Crippen LogP contribution is -1.78. The first-order chi connectivity index (χ1) is 6.84. The molecule has 0 saturated carbocycles. The van der Waals surface area contributed by atoms with E-state index in [1.165, 1.54) is 10.5 Å². The second kappa shape index (κ2) is 4.71. The van der Waals surface area contributed by atoms with Gasteiger partial charge in [0.05, 0.1) is 0 Å². The van der Waals surface area contributed by atoms with Crippen LogP contribution in [0.1, 0.15) is 5.56 Å². The van der Waals surface area contributed by atoms with E-state index in [0.29, 0.717) is 0 Å². The van der Waals surface area contributed by atoms with Crippen molar-refractivity contribution in [3.63, 3.8) is 0 Å². The SMILES string of the molecule is Brc1ccc(CSc2cc[nH]c2)cc1. The monoisotopic (exact) mass is 267 g/mol. The van der Waals surface area contributed by atoms with Crippen LogP contribution >= 0.6 is 27.7 Å².